The van der Waals surface area contributed by atoms with E-state index in [0.29, 0.717) is 6.04 Å². The summed E-state index contributed by atoms with van der Waals surface area (Å²) in [6.07, 6.45) is 2.31. The second-order valence-electron chi connectivity index (χ2n) is 5.01. The van der Waals surface area contributed by atoms with Crippen molar-refractivity contribution in [3.8, 4) is 0 Å². The molecule has 98 valence electrons. The molecule has 3 nitrogen and oxygen atoms in total. The van der Waals surface area contributed by atoms with Gasteiger partial charge < -0.3 is 4.74 Å². The van der Waals surface area contributed by atoms with Gasteiger partial charge in [-0.1, -0.05) is 24.3 Å². The highest BCUT2D eigenvalue weighted by Crippen LogP contribution is 2.31. The molecule has 0 aliphatic carbocycles. The minimum absolute atomic E-state index is 0.155. The first-order chi connectivity index (χ1) is 8.65. The lowest BCUT2D eigenvalue weighted by atomic mass is 9.99. The molecule has 0 bridgehead atoms. The van der Waals surface area contributed by atoms with Crippen LogP contribution >= 0.6 is 0 Å². The smallest absolute Gasteiger partial charge is 0.327 e. The van der Waals surface area contributed by atoms with E-state index >= 15 is 0 Å². The van der Waals surface area contributed by atoms with E-state index in [2.05, 4.69) is 11.8 Å². The molecule has 3 heteroatoms. The van der Waals surface area contributed by atoms with E-state index in [1.54, 1.807) is 0 Å². The fraction of sp³-hybridized carbons (Fsp3) is 0.533. The molecule has 0 radical (unpaired) electrons. The van der Waals surface area contributed by atoms with Gasteiger partial charge in [0.25, 0.3) is 0 Å². The Morgan fingerprint density at radius 1 is 1.44 bits per heavy atom. The lowest BCUT2D eigenvalue weighted by molar-refractivity contribution is -0.147. The number of benzene rings is 1. The van der Waals surface area contributed by atoms with E-state index in [-0.39, 0.29) is 12.0 Å². The monoisotopic (exact) mass is 247 g/mol. The van der Waals surface area contributed by atoms with E-state index in [1.165, 1.54) is 7.11 Å². The van der Waals surface area contributed by atoms with Gasteiger partial charge in [0, 0.05) is 6.04 Å². The van der Waals surface area contributed by atoms with Crippen LogP contribution < -0.4 is 0 Å². The average molecular weight is 247 g/mol. The molecule has 1 fully saturated rings. The zero-order valence-corrected chi connectivity index (χ0v) is 11.3. The number of hydrogen-bond acceptors (Lipinski definition) is 3. The number of ether oxygens (including phenoxy) is 1. The SMILES string of the molecule is COC(=O)[C@H](c1ccccc1C)N1CCC[C@@H]1C. The van der Waals surface area contributed by atoms with Crippen molar-refractivity contribution in [3.05, 3.63) is 35.4 Å². The van der Waals surface area contributed by atoms with Gasteiger partial charge in [0.15, 0.2) is 0 Å². The number of nitrogens with zero attached hydrogens (tertiary/aromatic N) is 1. The number of hydrogen-bond donors (Lipinski definition) is 0. The van der Waals surface area contributed by atoms with Gasteiger partial charge in [-0.15, -0.1) is 0 Å². The van der Waals surface area contributed by atoms with Crippen molar-refractivity contribution >= 4 is 5.97 Å². The van der Waals surface area contributed by atoms with Crippen molar-refractivity contribution in [2.45, 2.75) is 38.8 Å². The Morgan fingerprint density at radius 2 is 2.17 bits per heavy atom. The zero-order valence-electron chi connectivity index (χ0n) is 11.3. The van der Waals surface area contributed by atoms with Crippen LogP contribution in [0.5, 0.6) is 0 Å². The van der Waals surface area contributed by atoms with Gasteiger partial charge in [0.2, 0.25) is 0 Å². The second kappa shape index (κ2) is 5.53. The minimum Gasteiger partial charge on any atom is -0.468 e. The van der Waals surface area contributed by atoms with Crippen LogP contribution in [0.4, 0.5) is 0 Å². The minimum atomic E-state index is -0.256. The quantitative estimate of drug-likeness (QED) is 0.769. The van der Waals surface area contributed by atoms with Crippen molar-refractivity contribution in [3.63, 3.8) is 0 Å². The Morgan fingerprint density at radius 3 is 2.72 bits per heavy atom. The maximum atomic E-state index is 12.1. The van der Waals surface area contributed by atoms with Gasteiger partial charge in [-0.05, 0) is 44.4 Å². The third-order valence-corrected chi connectivity index (χ3v) is 3.84. The number of methoxy groups -OCH3 is 1. The number of rotatable bonds is 3. The molecular formula is C15H21NO2. The standard InChI is InChI=1S/C15H21NO2/c1-11-7-4-5-9-13(11)14(15(17)18-3)16-10-6-8-12(16)2/h4-5,7,9,12,14H,6,8,10H2,1-3H3/t12-,14-/m0/s1. The molecule has 1 aliphatic heterocycles. The summed E-state index contributed by atoms with van der Waals surface area (Å²) in [6.45, 7) is 5.20. The van der Waals surface area contributed by atoms with Crippen molar-refractivity contribution in [2.75, 3.05) is 13.7 Å². The number of esters is 1. The number of carbonyl (C=O) groups excluding carboxylic acids is 1. The molecule has 0 spiro atoms. The molecule has 2 rings (SSSR count). The topological polar surface area (TPSA) is 29.5 Å². The van der Waals surface area contributed by atoms with E-state index in [1.807, 2.05) is 31.2 Å². The third-order valence-electron chi connectivity index (χ3n) is 3.84. The van der Waals surface area contributed by atoms with Crippen molar-refractivity contribution in [2.24, 2.45) is 0 Å². The molecule has 2 atom stereocenters. The normalized spacial score (nSPS) is 21.8. The zero-order chi connectivity index (χ0) is 13.1. The summed E-state index contributed by atoms with van der Waals surface area (Å²) < 4.78 is 5.00. The third kappa shape index (κ3) is 2.41. The summed E-state index contributed by atoms with van der Waals surface area (Å²) >= 11 is 0. The summed E-state index contributed by atoms with van der Waals surface area (Å²) in [4.78, 5) is 14.4. The van der Waals surface area contributed by atoms with Crippen LogP contribution in [-0.4, -0.2) is 30.6 Å². The van der Waals surface area contributed by atoms with Crippen molar-refractivity contribution < 1.29 is 9.53 Å². The Kier molecular flexibility index (Phi) is 4.02. The van der Waals surface area contributed by atoms with E-state index in [0.717, 1.165) is 30.5 Å². The van der Waals surface area contributed by atoms with Gasteiger partial charge in [-0.25, -0.2) is 4.79 Å². The summed E-state index contributed by atoms with van der Waals surface area (Å²) in [5.41, 5.74) is 2.21. The molecule has 0 saturated carbocycles. The molecule has 1 heterocycles. The van der Waals surface area contributed by atoms with Crippen molar-refractivity contribution in [1.29, 1.82) is 0 Å². The van der Waals surface area contributed by atoms with Gasteiger partial charge in [-0.2, -0.15) is 0 Å². The highest BCUT2D eigenvalue weighted by molar-refractivity contribution is 5.78. The lowest BCUT2D eigenvalue weighted by Crippen LogP contribution is -2.37. The molecular weight excluding hydrogens is 226 g/mol. The molecule has 1 saturated heterocycles. The maximum absolute atomic E-state index is 12.1. The Bertz CT molecular complexity index is 430. The van der Waals surface area contributed by atoms with Gasteiger partial charge in [0.05, 0.1) is 7.11 Å². The largest absolute Gasteiger partial charge is 0.468 e. The Balaban J connectivity index is 2.37. The lowest BCUT2D eigenvalue weighted by Gasteiger charge is -2.30. The molecule has 0 aromatic heterocycles. The number of aryl methyl sites for hydroxylation is 1. The summed E-state index contributed by atoms with van der Waals surface area (Å²) in [5.74, 6) is -0.155. The van der Waals surface area contributed by atoms with Gasteiger partial charge in [-0.3, -0.25) is 4.90 Å². The van der Waals surface area contributed by atoms with Gasteiger partial charge in [0.1, 0.15) is 6.04 Å². The number of carbonyl (C=O) groups is 1. The Labute approximate surface area is 109 Å². The highest BCUT2D eigenvalue weighted by atomic mass is 16.5. The average Bonchev–Trinajstić information content (AvgIpc) is 2.78. The molecule has 0 unspecified atom stereocenters. The highest BCUT2D eigenvalue weighted by Gasteiger charge is 2.35. The van der Waals surface area contributed by atoms with Crippen LogP contribution in [0.1, 0.15) is 36.9 Å². The predicted molar refractivity (Wildman–Crippen MR) is 71.3 cm³/mol. The van der Waals surface area contributed by atoms with E-state index in [4.69, 9.17) is 4.74 Å². The maximum Gasteiger partial charge on any atom is 0.327 e. The Hall–Kier alpha value is -1.35. The van der Waals surface area contributed by atoms with Crippen LogP contribution in [0.2, 0.25) is 0 Å². The summed E-state index contributed by atoms with van der Waals surface area (Å²) in [6, 6.07) is 8.25. The summed E-state index contributed by atoms with van der Waals surface area (Å²) in [5, 5.41) is 0. The van der Waals surface area contributed by atoms with Crippen LogP contribution in [0.3, 0.4) is 0 Å². The molecule has 0 N–H and O–H groups in total. The van der Waals surface area contributed by atoms with Crippen LogP contribution in [-0.2, 0) is 9.53 Å². The fourth-order valence-electron chi connectivity index (χ4n) is 2.79. The molecule has 0 amide bonds. The van der Waals surface area contributed by atoms with Crippen LogP contribution in [0, 0.1) is 6.92 Å². The first kappa shape index (κ1) is 13.1. The fourth-order valence-corrected chi connectivity index (χ4v) is 2.79. The predicted octanol–water partition coefficient (Wildman–Crippen LogP) is 2.69. The number of likely N-dealkylation sites (tertiary alicyclic amines) is 1. The van der Waals surface area contributed by atoms with Crippen LogP contribution in [0.25, 0.3) is 0 Å². The van der Waals surface area contributed by atoms with Crippen LogP contribution in [0.15, 0.2) is 24.3 Å². The second-order valence-corrected chi connectivity index (χ2v) is 5.01. The van der Waals surface area contributed by atoms with Crippen molar-refractivity contribution in [1.82, 2.24) is 4.90 Å². The molecule has 18 heavy (non-hydrogen) atoms. The molecule has 1 aromatic rings. The van der Waals surface area contributed by atoms with Gasteiger partial charge >= 0.3 is 5.97 Å². The molecule has 1 aliphatic rings. The summed E-state index contributed by atoms with van der Waals surface area (Å²) in [7, 11) is 1.47. The first-order valence-electron chi connectivity index (χ1n) is 6.54. The first-order valence-corrected chi connectivity index (χ1v) is 6.54. The molecule has 1 aromatic carbocycles. The van der Waals surface area contributed by atoms with E-state index in [9.17, 15) is 4.79 Å². The van der Waals surface area contributed by atoms with E-state index < -0.39 is 0 Å².